The summed E-state index contributed by atoms with van der Waals surface area (Å²) in [7, 11) is 0. The highest BCUT2D eigenvalue weighted by atomic mass is 19.1. The molecule has 0 N–H and O–H groups in total. The van der Waals surface area contributed by atoms with Crippen LogP contribution in [0.25, 0.3) is 0 Å². The molecule has 3 heteroatoms. The molecule has 10 heavy (non-hydrogen) atoms. The van der Waals surface area contributed by atoms with Gasteiger partial charge in [-0.1, -0.05) is 13.2 Å². The summed E-state index contributed by atoms with van der Waals surface area (Å²) < 4.78 is 24.3. The Bertz CT molecular complexity index is 204. The number of rotatable bonds is 3. The van der Waals surface area contributed by atoms with Crippen molar-refractivity contribution < 1.29 is 13.6 Å². The Kier molecular flexibility index (Phi) is 3.25. The molecule has 0 aliphatic rings. The van der Waals surface area contributed by atoms with Crippen LogP contribution < -0.4 is 0 Å². The lowest BCUT2D eigenvalue weighted by Crippen LogP contribution is -1.86. The van der Waals surface area contributed by atoms with Crippen LogP contribution in [0.2, 0.25) is 0 Å². The maximum absolute atomic E-state index is 12.3. The Morgan fingerprint density at radius 3 is 2.00 bits per heavy atom. The number of aldehydes is 1. The van der Waals surface area contributed by atoms with Gasteiger partial charge in [-0.25, -0.2) is 8.78 Å². The van der Waals surface area contributed by atoms with Crippen molar-refractivity contribution in [1.82, 2.24) is 0 Å². The molecular formula is C7H6F2O. The lowest BCUT2D eigenvalue weighted by molar-refractivity contribution is -0.104. The fraction of sp³-hybridized carbons (Fsp3) is 0. The van der Waals surface area contributed by atoms with Gasteiger partial charge in [-0.15, -0.1) is 0 Å². The van der Waals surface area contributed by atoms with Crippen LogP contribution in [0.4, 0.5) is 8.78 Å². The van der Waals surface area contributed by atoms with Crippen molar-refractivity contribution in [2.45, 2.75) is 0 Å². The molecule has 0 aromatic rings. The Morgan fingerprint density at radius 2 is 1.90 bits per heavy atom. The molecule has 0 saturated carbocycles. The molecule has 0 atom stereocenters. The average Bonchev–Trinajstić information content (AvgIpc) is 1.88. The predicted octanol–water partition coefficient (Wildman–Crippen LogP) is 2.08. The number of carbonyl (C=O) groups is 1. The number of hydrogen-bond acceptors (Lipinski definition) is 1. The minimum absolute atomic E-state index is 0.0549. The first-order chi connectivity index (χ1) is 4.63. The Hall–Kier alpha value is -1.25. The first-order valence-electron chi connectivity index (χ1n) is 2.45. The topological polar surface area (TPSA) is 17.1 Å². The number of hydrogen-bond donors (Lipinski definition) is 0. The van der Waals surface area contributed by atoms with Crippen molar-refractivity contribution in [3.8, 4) is 0 Å². The first kappa shape index (κ1) is 8.75. The maximum Gasteiger partial charge on any atom is 0.155 e. The highest BCUT2D eigenvalue weighted by molar-refractivity contribution is 5.80. The first-order valence-corrected chi connectivity index (χ1v) is 2.45. The van der Waals surface area contributed by atoms with E-state index in [1.165, 1.54) is 0 Å². The van der Waals surface area contributed by atoms with Gasteiger partial charge < -0.3 is 0 Å². The van der Waals surface area contributed by atoms with Crippen molar-refractivity contribution in [1.29, 1.82) is 0 Å². The molecular weight excluding hydrogens is 138 g/mol. The summed E-state index contributed by atoms with van der Waals surface area (Å²) >= 11 is 0. The molecule has 54 valence electrons. The summed E-state index contributed by atoms with van der Waals surface area (Å²) in [6.07, 6.45) is 0.799. The Morgan fingerprint density at radius 1 is 1.40 bits per heavy atom. The lowest BCUT2D eigenvalue weighted by Gasteiger charge is -1.91. The van der Waals surface area contributed by atoms with Crippen LogP contribution in [0.5, 0.6) is 0 Å². The smallest absolute Gasteiger partial charge is 0.155 e. The molecule has 0 aromatic carbocycles. The van der Waals surface area contributed by atoms with Crippen LogP contribution in [0, 0.1) is 0 Å². The third-order valence-corrected chi connectivity index (χ3v) is 0.847. The van der Waals surface area contributed by atoms with Crippen LogP contribution >= 0.6 is 0 Å². The van der Waals surface area contributed by atoms with Gasteiger partial charge in [0.05, 0.1) is 5.57 Å². The van der Waals surface area contributed by atoms with Crippen molar-refractivity contribution in [2.24, 2.45) is 0 Å². The maximum atomic E-state index is 12.3. The summed E-state index contributed by atoms with van der Waals surface area (Å²) in [6, 6.07) is 0. The summed E-state index contributed by atoms with van der Waals surface area (Å²) in [6.45, 7) is 5.76. The zero-order valence-electron chi connectivity index (χ0n) is 5.23. The molecule has 0 aliphatic carbocycles. The summed E-state index contributed by atoms with van der Waals surface area (Å²) in [5, 5.41) is 0. The molecule has 0 saturated heterocycles. The molecule has 0 bridgehead atoms. The third kappa shape index (κ3) is 1.93. The second kappa shape index (κ2) is 3.71. The van der Waals surface area contributed by atoms with E-state index < -0.39 is 17.2 Å². The SMILES string of the molecule is C=C/C(F)=C(/C=O)C(=C)F. The van der Waals surface area contributed by atoms with Gasteiger partial charge in [-0.3, -0.25) is 4.79 Å². The highest BCUT2D eigenvalue weighted by Gasteiger charge is 2.05. The second-order valence-electron chi connectivity index (χ2n) is 1.49. The van der Waals surface area contributed by atoms with Gasteiger partial charge in [-0.2, -0.15) is 0 Å². The van der Waals surface area contributed by atoms with Gasteiger partial charge in [0.1, 0.15) is 11.7 Å². The van der Waals surface area contributed by atoms with Crippen LogP contribution in [0.1, 0.15) is 0 Å². The van der Waals surface area contributed by atoms with Gasteiger partial charge in [0.2, 0.25) is 0 Å². The van der Waals surface area contributed by atoms with E-state index in [0.29, 0.717) is 0 Å². The molecule has 0 amide bonds. The number of carbonyl (C=O) groups excluding carboxylic acids is 1. The quantitative estimate of drug-likeness (QED) is 0.336. The molecule has 0 heterocycles. The van der Waals surface area contributed by atoms with Crippen LogP contribution in [0.15, 0.2) is 36.5 Å². The largest absolute Gasteiger partial charge is 0.298 e. The standard InChI is InChI=1S/C7H6F2O/c1-3-7(9)6(4-10)5(2)8/h3-4H,1-2H2/b7-6+. The van der Waals surface area contributed by atoms with E-state index >= 15 is 0 Å². The summed E-state index contributed by atoms with van der Waals surface area (Å²) in [5.74, 6) is -2.09. The zero-order valence-corrected chi connectivity index (χ0v) is 5.23. The van der Waals surface area contributed by atoms with Crippen LogP contribution in [0.3, 0.4) is 0 Å². The summed E-state index contributed by atoms with van der Waals surface area (Å²) in [4.78, 5) is 9.90. The predicted molar refractivity (Wildman–Crippen MR) is 34.6 cm³/mol. The van der Waals surface area contributed by atoms with Gasteiger partial charge in [-0.05, 0) is 6.08 Å². The van der Waals surface area contributed by atoms with Gasteiger partial charge >= 0.3 is 0 Å². The van der Waals surface area contributed by atoms with Gasteiger partial charge in [0, 0.05) is 0 Å². The van der Waals surface area contributed by atoms with E-state index in [0.717, 1.165) is 6.08 Å². The fourth-order valence-electron chi connectivity index (χ4n) is 0.360. The molecule has 1 nitrogen and oxygen atoms in total. The minimum atomic E-state index is -1.09. The van der Waals surface area contributed by atoms with Crippen molar-refractivity contribution in [2.75, 3.05) is 0 Å². The number of allylic oxidation sites excluding steroid dienone is 4. The molecule has 0 rings (SSSR count). The van der Waals surface area contributed by atoms with Gasteiger partial charge in [0.25, 0.3) is 0 Å². The lowest BCUT2D eigenvalue weighted by atomic mass is 10.2. The van der Waals surface area contributed by atoms with Gasteiger partial charge in [0.15, 0.2) is 6.29 Å². The molecule has 0 unspecified atom stereocenters. The second-order valence-corrected chi connectivity index (χ2v) is 1.49. The molecule has 0 aromatic heterocycles. The highest BCUT2D eigenvalue weighted by Crippen LogP contribution is 2.13. The van der Waals surface area contributed by atoms with E-state index in [1.54, 1.807) is 0 Å². The molecule has 0 aliphatic heterocycles. The van der Waals surface area contributed by atoms with E-state index in [1.807, 2.05) is 0 Å². The average molecular weight is 144 g/mol. The third-order valence-electron chi connectivity index (χ3n) is 0.847. The van der Waals surface area contributed by atoms with E-state index in [4.69, 9.17) is 0 Å². The Balaban J connectivity index is 4.79. The molecule has 0 spiro atoms. The normalized spacial score (nSPS) is 11.8. The Labute approximate surface area is 57.4 Å². The monoisotopic (exact) mass is 144 g/mol. The van der Waals surface area contributed by atoms with Crippen molar-refractivity contribution >= 4 is 6.29 Å². The van der Waals surface area contributed by atoms with Crippen molar-refractivity contribution in [3.05, 3.63) is 36.5 Å². The fourth-order valence-corrected chi connectivity index (χ4v) is 0.360. The van der Waals surface area contributed by atoms with Crippen molar-refractivity contribution in [3.63, 3.8) is 0 Å². The summed E-state index contributed by atoms with van der Waals surface area (Å²) in [5.41, 5.74) is -0.685. The van der Waals surface area contributed by atoms with E-state index in [9.17, 15) is 13.6 Å². The number of halogens is 2. The van der Waals surface area contributed by atoms with Crippen LogP contribution in [-0.2, 0) is 4.79 Å². The molecule has 0 radical (unpaired) electrons. The van der Waals surface area contributed by atoms with Crippen LogP contribution in [-0.4, -0.2) is 6.29 Å². The minimum Gasteiger partial charge on any atom is -0.298 e. The zero-order chi connectivity index (χ0) is 8.15. The molecule has 0 fully saturated rings. The van der Waals surface area contributed by atoms with E-state index in [2.05, 4.69) is 13.2 Å². The van der Waals surface area contributed by atoms with E-state index in [-0.39, 0.29) is 6.29 Å².